The van der Waals surface area contributed by atoms with Gasteiger partial charge < -0.3 is 0 Å². The Bertz CT molecular complexity index is 275. The van der Waals surface area contributed by atoms with Crippen LogP contribution in [-0.2, 0) is 9.59 Å². The topological polar surface area (TPSA) is 54.2 Å². The van der Waals surface area contributed by atoms with Gasteiger partial charge in [0, 0.05) is 11.0 Å². The van der Waals surface area contributed by atoms with Crippen LogP contribution in [0.2, 0.25) is 0 Å². The number of carbonyl (C=O) groups is 2. The maximum absolute atomic E-state index is 10.8. The molecule has 0 radical (unpaired) electrons. The second-order valence-corrected chi connectivity index (χ2v) is 2.04. The molecule has 0 saturated heterocycles. The van der Waals surface area contributed by atoms with Crippen molar-refractivity contribution in [1.82, 2.24) is 0 Å². The Balaban J connectivity index is 2.70. The van der Waals surface area contributed by atoms with Crippen LogP contribution in [0.5, 0.6) is 0 Å². The van der Waals surface area contributed by atoms with Gasteiger partial charge in [-0.1, -0.05) is 12.2 Å². The molecule has 0 aromatic rings. The summed E-state index contributed by atoms with van der Waals surface area (Å²) in [5.74, 6) is -1.06. The van der Waals surface area contributed by atoms with Crippen molar-refractivity contribution in [2.75, 3.05) is 0 Å². The molecule has 56 valence electrons. The second kappa shape index (κ2) is 3.01. The molecule has 0 fully saturated rings. The summed E-state index contributed by atoms with van der Waals surface area (Å²) >= 11 is 0. The van der Waals surface area contributed by atoms with Crippen LogP contribution in [-0.4, -0.2) is 17.0 Å². The highest BCUT2D eigenvalue weighted by Gasteiger charge is 2.27. The molecule has 4 nitrogen and oxygen atoms in total. The number of nitrogens with zero attached hydrogens (tertiary/aromatic N) is 1. The zero-order chi connectivity index (χ0) is 8.27. The van der Waals surface area contributed by atoms with E-state index in [0.29, 0.717) is 12.1 Å². The lowest BCUT2D eigenvalue weighted by atomic mass is 10.4. The first-order valence-electron chi connectivity index (χ1n) is 3.08. The number of nitroso groups, excluding NO2 is 1. The summed E-state index contributed by atoms with van der Waals surface area (Å²) in [7, 11) is 0. The Morgan fingerprint density at radius 2 is 2.36 bits per heavy atom. The molecular weight excluding hydrogens is 146 g/mol. The molecule has 0 unspecified atom stereocenters. The van der Waals surface area contributed by atoms with Gasteiger partial charge in [0.15, 0.2) is 0 Å². The van der Waals surface area contributed by atoms with Gasteiger partial charge in [-0.2, -0.15) is 0 Å². The van der Waals surface area contributed by atoms with Gasteiger partial charge in [0.25, 0.3) is 6.29 Å². The van der Waals surface area contributed by atoms with Crippen LogP contribution < -0.4 is 0 Å². The van der Waals surface area contributed by atoms with Crippen molar-refractivity contribution in [3.05, 3.63) is 28.8 Å². The quantitative estimate of drug-likeness (QED) is 0.325. The summed E-state index contributed by atoms with van der Waals surface area (Å²) in [6.45, 7) is 0. The van der Waals surface area contributed by atoms with Gasteiger partial charge in [0.1, 0.15) is 4.76 Å². The zero-order valence-electron chi connectivity index (χ0n) is 5.69. The molecule has 1 amide bonds. The molecule has 11 heavy (non-hydrogen) atoms. The molecule has 0 N–H and O–H groups in total. The highest BCUT2D eigenvalue weighted by atomic mass is 16.3. The summed E-state index contributed by atoms with van der Waals surface area (Å²) in [5, 5.41) is 0. The van der Waals surface area contributed by atoms with Crippen molar-refractivity contribution in [2.45, 2.75) is 6.42 Å². The van der Waals surface area contributed by atoms with Crippen LogP contribution in [0.25, 0.3) is 0 Å². The molecule has 1 aliphatic rings. The van der Waals surface area contributed by atoms with Crippen molar-refractivity contribution in [3.8, 4) is 0 Å². The van der Waals surface area contributed by atoms with Crippen LogP contribution in [0.15, 0.2) is 23.9 Å². The molecular formula is C7H6NO3+. The van der Waals surface area contributed by atoms with E-state index in [-0.39, 0.29) is 11.0 Å². The number of hydrogen-bond donors (Lipinski definition) is 0. The minimum atomic E-state index is -1.06. The fourth-order valence-corrected chi connectivity index (χ4v) is 0.776. The minimum Gasteiger partial charge on any atom is -0.287 e. The van der Waals surface area contributed by atoms with Crippen LogP contribution in [0.3, 0.4) is 0 Å². The van der Waals surface area contributed by atoms with Gasteiger partial charge in [-0.05, 0) is 0 Å². The normalized spacial score (nSPS) is 14.4. The molecule has 4 heteroatoms. The van der Waals surface area contributed by atoms with Crippen molar-refractivity contribution in [2.24, 2.45) is 0 Å². The van der Waals surface area contributed by atoms with E-state index in [2.05, 4.69) is 0 Å². The third-order valence-corrected chi connectivity index (χ3v) is 1.31. The molecule has 0 aromatic carbocycles. The van der Waals surface area contributed by atoms with E-state index in [9.17, 15) is 14.5 Å². The van der Waals surface area contributed by atoms with Gasteiger partial charge in [-0.3, -0.25) is 4.79 Å². The van der Waals surface area contributed by atoms with Crippen molar-refractivity contribution in [1.29, 1.82) is 0 Å². The average Bonchev–Trinajstić information content (AvgIpc) is 2.53. The first-order chi connectivity index (χ1) is 5.25. The van der Waals surface area contributed by atoms with Crippen molar-refractivity contribution >= 4 is 12.2 Å². The number of aldehydes is 1. The Hall–Kier alpha value is -1.58. The van der Waals surface area contributed by atoms with Crippen molar-refractivity contribution in [3.63, 3.8) is 0 Å². The van der Waals surface area contributed by atoms with Gasteiger partial charge >= 0.3 is 5.91 Å². The SMILES string of the molecule is O=CC(=O)[N+](=O)C1=CC=CC1. The molecule has 1 aliphatic carbocycles. The van der Waals surface area contributed by atoms with E-state index in [4.69, 9.17) is 0 Å². The third kappa shape index (κ3) is 1.46. The summed E-state index contributed by atoms with van der Waals surface area (Å²) in [5.41, 5.74) is 0.308. The molecule has 0 saturated carbocycles. The minimum absolute atomic E-state index is 0.00611. The van der Waals surface area contributed by atoms with E-state index in [0.717, 1.165) is 0 Å². The maximum Gasteiger partial charge on any atom is 0.503 e. The number of carbonyl (C=O) groups excluding carboxylic acids is 2. The molecule has 0 atom stereocenters. The largest absolute Gasteiger partial charge is 0.503 e. The molecule has 0 spiro atoms. The summed E-state index contributed by atoms with van der Waals surface area (Å²) in [4.78, 5) is 31.1. The van der Waals surface area contributed by atoms with Gasteiger partial charge in [-0.25, -0.2) is 4.79 Å². The second-order valence-electron chi connectivity index (χ2n) is 2.04. The summed E-state index contributed by atoms with van der Waals surface area (Å²) < 4.78 is 0.104. The third-order valence-electron chi connectivity index (χ3n) is 1.31. The lowest BCUT2D eigenvalue weighted by Crippen LogP contribution is -2.17. The van der Waals surface area contributed by atoms with E-state index < -0.39 is 5.91 Å². The number of rotatable bonds is 2. The van der Waals surface area contributed by atoms with Crippen LogP contribution >= 0.6 is 0 Å². The lowest BCUT2D eigenvalue weighted by molar-refractivity contribution is -0.414. The standard InChI is InChI=1S/C7H6NO3/c9-5-7(10)8(11)6-3-1-2-4-6/h1-3,5H,4H2/q+1. The molecule has 1 rings (SSSR count). The monoisotopic (exact) mass is 152 g/mol. The van der Waals surface area contributed by atoms with Crippen LogP contribution in [0.1, 0.15) is 6.42 Å². The predicted octanol–water partition coefficient (Wildman–Crippen LogP) is 0.335. The zero-order valence-corrected chi connectivity index (χ0v) is 5.69. The first-order valence-corrected chi connectivity index (χ1v) is 3.08. The molecule has 0 heterocycles. The van der Waals surface area contributed by atoms with E-state index in [1.807, 2.05) is 0 Å². The summed E-state index contributed by atoms with van der Waals surface area (Å²) in [6, 6.07) is 0. The number of hydrogen-bond acceptors (Lipinski definition) is 3. The van der Waals surface area contributed by atoms with Gasteiger partial charge in [-0.15, -0.1) is 0 Å². The highest BCUT2D eigenvalue weighted by Crippen LogP contribution is 2.10. The fraction of sp³-hybridized carbons (Fsp3) is 0.143. The smallest absolute Gasteiger partial charge is 0.287 e. The van der Waals surface area contributed by atoms with E-state index in [1.54, 1.807) is 12.2 Å². The highest BCUT2D eigenvalue weighted by molar-refractivity contribution is 6.19. The Morgan fingerprint density at radius 3 is 2.82 bits per heavy atom. The maximum atomic E-state index is 10.8. The molecule has 0 bridgehead atoms. The number of amides is 1. The number of allylic oxidation sites excluding steroid dienone is 3. The Kier molecular flexibility index (Phi) is 2.06. The fourth-order valence-electron chi connectivity index (χ4n) is 0.776. The van der Waals surface area contributed by atoms with E-state index in [1.165, 1.54) is 6.08 Å². The Morgan fingerprint density at radius 1 is 1.64 bits per heavy atom. The van der Waals surface area contributed by atoms with Crippen molar-refractivity contribution < 1.29 is 14.3 Å². The molecule has 0 aromatic heterocycles. The first kappa shape index (κ1) is 7.53. The van der Waals surface area contributed by atoms with Gasteiger partial charge in [0.05, 0.1) is 6.42 Å². The summed E-state index contributed by atoms with van der Waals surface area (Å²) in [6.07, 6.45) is 5.33. The van der Waals surface area contributed by atoms with Gasteiger partial charge in [0.2, 0.25) is 5.70 Å². The predicted molar refractivity (Wildman–Crippen MR) is 36.5 cm³/mol. The average molecular weight is 152 g/mol. The molecule has 0 aliphatic heterocycles. The van der Waals surface area contributed by atoms with E-state index >= 15 is 0 Å². The lowest BCUT2D eigenvalue weighted by Gasteiger charge is -1.82. The van der Waals surface area contributed by atoms with Crippen LogP contribution in [0.4, 0.5) is 0 Å². The van der Waals surface area contributed by atoms with Crippen LogP contribution in [0, 0.1) is 4.91 Å². The Labute approximate surface area is 62.8 Å².